The third-order valence-corrected chi connectivity index (χ3v) is 6.92. The van der Waals surface area contributed by atoms with E-state index in [9.17, 15) is 14.7 Å². The van der Waals surface area contributed by atoms with Crippen molar-refractivity contribution in [1.82, 2.24) is 14.7 Å². The average Bonchev–Trinajstić information content (AvgIpc) is 3.37. The lowest BCUT2D eigenvalue weighted by Gasteiger charge is -2.26. The molecule has 2 aromatic carbocycles. The zero-order valence-electron chi connectivity index (χ0n) is 24.0. The SMILES string of the molecule is CCN(CC)CCCN(C(C)=O)c1ccc(-n2nc(C(=O)O)cc2-c2c(OC)cccc2OC)c(C(C)C)c1. The molecule has 1 heterocycles. The molecule has 3 rings (SSSR count). The van der Waals surface area contributed by atoms with Crippen LogP contribution >= 0.6 is 0 Å². The molecule has 210 valence electrons. The van der Waals surface area contributed by atoms with E-state index in [4.69, 9.17) is 9.47 Å². The molecule has 9 nitrogen and oxygen atoms in total. The number of rotatable bonds is 13. The molecule has 0 saturated carbocycles. The van der Waals surface area contributed by atoms with Crippen LogP contribution in [-0.2, 0) is 4.79 Å². The molecule has 0 spiro atoms. The summed E-state index contributed by atoms with van der Waals surface area (Å²) >= 11 is 0. The van der Waals surface area contributed by atoms with Gasteiger partial charge in [-0.3, -0.25) is 4.79 Å². The van der Waals surface area contributed by atoms with Gasteiger partial charge in [0.1, 0.15) is 11.5 Å². The van der Waals surface area contributed by atoms with Crippen LogP contribution in [0.2, 0.25) is 0 Å². The largest absolute Gasteiger partial charge is 0.496 e. The number of aromatic carboxylic acids is 1. The molecule has 0 aliphatic carbocycles. The number of amides is 1. The quantitative estimate of drug-likeness (QED) is 0.310. The normalized spacial score (nSPS) is 11.2. The van der Waals surface area contributed by atoms with Gasteiger partial charge in [-0.15, -0.1) is 0 Å². The molecule has 0 saturated heterocycles. The molecular weight excluding hydrogens is 496 g/mol. The number of methoxy groups -OCH3 is 2. The Morgan fingerprint density at radius 1 is 1.00 bits per heavy atom. The molecule has 39 heavy (non-hydrogen) atoms. The number of carbonyl (C=O) groups is 2. The zero-order chi connectivity index (χ0) is 28.7. The lowest BCUT2D eigenvalue weighted by Crippen LogP contribution is -2.33. The van der Waals surface area contributed by atoms with E-state index in [-0.39, 0.29) is 17.5 Å². The van der Waals surface area contributed by atoms with Gasteiger partial charge in [0, 0.05) is 19.2 Å². The Hall–Kier alpha value is -3.85. The molecule has 1 amide bonds. The van der Waals surface area contributed by atoms with E-state index in [1.165, 1.54) is 6.07 Å². The molecule has 9 heteroatoms. The molecule has 0 fully saturated rings. The number of anilines is 1. The van der Waals surface area contributed by atoms with Crippen LogP contribution in [0.1, 0.15) is 63.0 Å². The van der Waals surface area contributed by atoms with Gasteiger partial charge in [-0.25, -0.2) is 9.48 Å². The highest BCUT2D eigenvalue weighted by Gasteiger charge is 2.24. The predicted octanol–water partition coefficient (Wildman–Crippen LogP) is 5.46. The van der Waals surface area contributed by atoms with Gasteiger partial charge < -0.3 is 24.4 Å². The molecule has 0 aliphatic heterocycles. The molecular formula is C30H40N4O5. The second-order valence-electron chi connectivity index (χ2n) is 9.62. The third-order valence-electron chi connectivity index (χ3n) is 6.92. The van der Waals surface area contributed by atoms with Crippen molar-refractivity contribution in [3.05, 3.63) is 53.7 Å². The van der Waals surface area contributed by atoms with Crippen LogP contribution < -0.4 is 14.4 Å². The first-order valence-corrected chi connectivity index (χ1v) is 13.4. The van der Waals surface area contributed by atoms with Crippen LogP contribution in [0.3, 0.4) is 0 Å². The van der Waals surface area contributed by atoms with Crippen molar-refractivity contribution >= 4 is 17.6 Å². The first kappa shape index (κ1) is 29.7. The summed E-state index contributed by atoms with van der Waals surface area (Å²) in [5.74, 6) is -0.0298. The van der Waals surface area contributed by atoms with Gasteiger partial charge in [0.15, 0.2) is 5.69 Å². The molecule has 0 unspecified atom stereocenters. The van der Waals surface area contributed by atoms with Crippen molar-refractivity contribution in [3.63, 3.8) is 0 Å². The fourth-order valence-electron chi connectivity index (χ4n) is 4.78. The second kappa shape index (κ2) is 13.3. The van der Waals surface area contributed by atoms with Gasteiger partial charge in [-0.2, -0.15) is 5.10 Å². The Labute approximate surface area is 230 Å². The lowest BCUT2D eigenvalue weighted by molar-refractivity contribution is -0.116. The highest BCUT2D eigenvalue weighted by atomic mass is 16.5. The fraction of sp³-hybridized carbons (Fsp3) is 0.433. The highest BCUT2D eigenvalue weighted by molar-refractivity contribution is 5.92. The van der Waals surface area contributed by atoms with Crippen LogP contribution in [-0.4, -0.2) is 72.1 Å². The van der Waals surface area contributed by atoms with Gasteiger partial charge >= 0.3 is 5.97 Å². The fourth-order valence-corrected chi connectivity index (χ4v) is 4.78. The van der Waals surface area contributed by atoms with Gasteiger partial charge in [-0.1, -0.05) is 33.8 Å². The summed E-state index contributed by atoms with van der Waals surface area (Å²) in [4.78, 5) is 28.8. The zero-order valence-corrected chi connectivity index (χ0v) is 24.0. The predicted molar refractivity (Wildman–Crippen MR) is 154 cm³/mol. The Bertz CT molecular complexity index is 1270. The molecule has 1 N–H and O–H groups in total. The smallest absolute Gasteiger partial charge is 0.356 e. The number of aromatic nitrogens is 2. The summed E-state index contributed by atoms with van der Waals surface area (Å²) in [6, 6.07) is 12.7. The molecule has 0 radical (unpaired) electrons. The van der Waals surface area contributed by atoms with Gasteiger partial charge in [0.25, 0.3) is 0 Å². The van der Waals surface area contributed by atoms with E-state index >= 15 is 0 Å². The molecule has 0 atom stereocenters. The number of carbonyl (C=O) groups excluding carboxylic acids is 1. The number of benzene rings is 2. The van der Waals surface area contributed by atoms with Crippen molar-refractivity contribution in [2.75, 3.05) is 45.3 Å². The topological polar surface area (TPSA) is 97.1 Å². The van der Waals surface area contributed by atoms with Gasteiger partial charge in [0.2, 0.25) is 5.91 Å². The van der Waals surface area contributed by atoms with Crippen LogP contribution in [0.4, 0.5) is 5.69 Å². The Balaban J connectivity index is 2.14. The maximum atomic E-state index is 12.7. The minimum atomic E-state index is -1.14. The minimum absolute atomic E-state index is 0.0243. The van der Waals surface area contributed by atoms with Crippen LogP contribution in [0, 0.1) is 0 Å². The van der Waals surface area contributed by atoms with Crippen molar-refractivity contribution < 1.29 is 24.2 Å². The van der Waals surface area contributed by atoms with E-state index in [0.29, 0.717) is 29.3 Å². The van der Waals surface area contributed by atoms with Gasteiger partial charge in [-0.05, 0) is 73.9 Å². The average molecular weight is 537 g/mol. The van der Waals surface area contributed by atoms with Crippen molar-refractivity contribution in [3.8, 4) is 28.4 Å². The number of carboxylic acids is 1. The first-order valence-electron chi connectivity index (χ1n) is 13.4. The third kappa shape index (κ3) is 6.60. The Kier molecular flexibility index (Phi) is 10.1. The highest BCUT2D eigenvalue weighted by Crippen LogP contribution is 2.41. The number of hydrogen-bond donors (Lipinski definition) is 1. The number of ether oxygens (including phenoxy) is 2. The van der Waals surface area contributed by atoms with E-state index in [2.05, 4.69) is 37.7 Å². The summed E-state index contributed by atoms with van der Waals surface area (Å²) in [5.41, 5.74) is 3.48. The molecule has 1 aromatic heterocycles. The maximum absolute atomic E-state index is 12.7. The van der Waals surface area contributed by atoms with Gasteiger partial charge in [0.05, 0.1) is 31.2 Å². The standard InChI is InChI=1S/C30H40N4O5/c1-8-32(9-2)16-11-17-33(21(5)35)22-14-15-25(23(18-22)20(3)4)34-26(19-24(31-34)30(36)37)29-27(38-6)12-10-13-28(29)39-7/h10,12-15,18-20H,8-9,11,16-17H2,1-7H3,(H,36,37). The minimum Gasteiger partial charge on any atom is -0.496 e. The van der Waals surface area contributed by atoms with Crippen molar-refractivity contribution in [2.45, 2.75) is 47.0 Å². The summed E-state index contributed by atoms with van der Waals surface area (Å²) in [6.07, 6.45) is 0.860. The summed E-state index contributed by atoms with van der Waals surface area (Å²) in [7, 11) is 3.12. The lowest BCUT2D eigenvalue weighted by atomic mass is 9.99. The molecule has 0 bridgehead atoms. The van der Waals surface area contributed by atoms with Crippen LogP contribution in [0.15, 0.2) is 42.5 Å². The summed E-state index contributed by atoms with van der Waals surface area (Å²) in [5, 5.41) is 14.3. The van der Waals surface area contributed by atoms with Crippen molar-refractivity contribution in [2.24, 2.45) is 0 Å². The van der Waals surface area contributed by atoms with E-state index < -0.39 is 5.97 Å². The second-order valence-corrected chi connectivity index (χ2v) is 9.62. The van der Waals surface area contributed by atoms with Crippen LogP contribution in [0.5, 0.6) is 11.5 Å². The Morgan fingerprint density at radius 2 is 1.64 bits per heavy atom. The van der Waals surface area contributed by atoms with E-state index in [1.54, 1.807) is 42.9 Å². The maximum Gasteiger partial charge on any atom is 0.356 e. The Morgan fingerprint density at radius 3 is 2.15 bits per heavy atom. The number of nitrogens with zero attached hydrogens (tertiary/aromatic N) is 4. The summed E-state index contributed by atoms with van der Waals surface area (Å²) < 4.78 is 12.8. The number of hydrogen-bond acceptors (Lipinski definition) is 6. The number of carboxylic acid groups (broad SMARTS) is 1. The van der Waals surface area contributed by atoms with E-state index in [1.807, 2.05) is 24.3 Å². The summed E-state index contributed by atoms with van der Waals surface area (Å²) in [6.45, 7) is 13.5. The molecule has 0 aliphatic rings. The first-order chi connectivity index (χ1) is 18.7. The molecule has 3 aromatic rings. The van der Waals surface area contributed by atoms with Crippen molar-refractivity contribution in [1.29, 1.82) is 0 Å². The van der Waals surface area contributed by atoms with E-state index in [0.717, 1.165) is 43.0 Å². The monoisotopic (exact) mass is 536 g/mol. The van der Waals surface area contributed by atoms with Crippen LogP contribution in [0.25, 0.3) is 16.9 Å².